The Hall–Kier alpha value is -1.83. The molecule has 2 heteroatoms. The Bertz CT molecular complexity index is 554. The van der Waals surface area contributed by atoms with Gasteiger partial charge in [0, 0.05) is 30.9 Å². The van der Waals surface area contributed by atoms with Crippen molar-refractivity contribution in [1.82, 2.24) is 4.57 Å². The van der Waals surface area contributed by atoms with Gasteiger partial charge in [-0.05, 0) is 30.4 Å². The average molecular weight is 239 g/mol. The Morgan fingerprint density at radius 2 is 1.89 bits per heavy atom. The monoisotopic (exact) mass is 239 g/mol. The highest BCUT2D eigenvalue weighted by Gasteiger charge is 2.18. The molecule has 0 saturated heterocycles. The third-order valence-corrected chi connectivity index (χ3v) is 3.61. The second-order valence-electron chi connectivity index (χ2n) is 4.95. The molecular weight excluding hydrogens is 222 g/mol. The number of benzene rings is 1. The Morgan fingerprint density at radius 1 is 1.06 bits per heavy atom. The van der Waals surface area contributed by atoms with Crippen LogP contribution in [0.2, 0.25) is 0 Å². The van der Waals surface area contributed by atoms with Crippen LogP contribution in [0.25, 0.3) is 0 Å². The van der Waals surface area contributed by atoms with Gasteiger partial charge in [0.25, 0.3) is 0 Å². The fraction of sp³-hybridized carbons (Fsp3) is 0.312. The minimum Gasteiger partial charge on any atom is -0.353 e. The van der Waals surface area contributed by atoms with Crippen molar-refractivity contribution in [3.63, 3.8) is 0 Å². The summed E-state index contributed by atoms with van der Waals surface area (Å²) in [6.45, 7) is 0.949. The number of hydrogen-bond donors (Lipinski definition) is 0. The zero-order chi connectivity index (χ0) is 12.4. The molecule has 0 bridgehead atoms. The van der Waals surface area contributed by atoms with E-state index in [0.29, 0.717) is 5.78 Å². The third kappa shape index (κ3) is 2.23. The van der Waals surface area contributed by atoms with Gasteiger partial charge in [-0.1, -0.05) is 30.3 Å². The summed E-state index contributed by atoms with van der Waals surface area (Å²) < 4.78 is 2.17. The lowest BCUT2D eigenvalue weighted by Gasteiger charge is -2.07. The van der Waals surface area contributed by atoms with Crippen LogP contribution < -0.4 is 0 Å². The van der Waals surface area contributed by atoms with E-state index >= 15 is 0 Å². The number of carbonyl (C=O) groups excluding carboxylic acids is 1. The lowest BCUT2D eigenvalue weighted by Crippen LogP contribution is -2.07. The van der Waals surface area contributed by atoms with Crippen LogP contribution in [-0.4, -0.2) is 10.4 Å². The smallest absolute Gasteiger partial charge is 0.164 e. The van der Waals surface area contributed by atoms with Crippen LogP contribution in [0.15, 0.2) is 42.7 Å². The normalized spacial score (nSPS) is 14.6. The number of aromatic nitrogens is 1. The minimum atomic E-state index is 0.315. The van der Waals surface area contributed by atoms with Gasteiger partial charge < -0.3 is 4.57 Å². The van der Waals surface area contributed by atoms with Gasteiger partial charge in [-0.15, -0.1) is 0 Å². The van der Waals surface area contributed by atoms with E-state index in [9.17, 15) is 4.79 Å². The van der Waals surface area contributed by atoms with Crippen LogP contribution >= 0.6 is 0 Å². The number of hydrogen-bond acceptors (Lipinski definition) is 1. The van der Waals surface area contributed by atoms with Gasteiger partial charge in [-0.2, -0.15) is 0 Å². The van der Waals surface area contributed by atoms with Crippen LogP contribution in [0, 0.1) is 0 Å². The second kappa shape index (κ2) is 4.81. The Labute approximate surface area is 107 Å². The van der Waals surface area contributed by atoms with E-state index in [4.69, 9.17) is 0 Å². The molecule has 0 spiro atoms. The molecule has 1 heterocycles. The van der Waals surface area contributed by atoms with E-state index in [0.717, 1.165) is 37.8 Å². The number of aryl methyl sites for hydroxylation is 3. The van der Waals surface area contributed by atoms with Crippen LogP contribution in [0.3, 0.4) is 0 Å². The Morgan fingerprint density at radius 3 is 2.67 bits per heavy atom. The van der Waals surface area contributed by atoms with Crippen molar-refractivity contribution in [2.24, 2.45) is 0 Å². The van der Waals surface area contributed by atoms with Crippen LogP contribution in [-0.2, 0) is 19.4 Å². The number of carbonyl (C=O) groups is 1. The topological polar surface area (TPSA) is 22.0 Å². The maximum Gasteiger partial charge on any atom is 0.164 e. The highest BCUT2D eigenvalue weighted by molar-refractivity contribution is 5.98. The summed E-state index contributed by atoms with van der Waals surface area (Å²) in [4.78, 5) is 11.8. The standard InChI is InChI=1S/C16H17NO/c18-16-8-4-7-14-11-17(12-15(14)16)10-9-13-5-2-1-3-6-13/h1-3,5-6,11-12H,4,7-10H2. The summed E-state index contributed by atoms with van der Waals surface area (Å²) in [6, 6.07) is 10.5. The highest BCUT2D eigenvalue weighted by atomic mass is 16.1. The van der Waals surface area contributed by atoms with Crippen LogP contribution in [0.1, 0.15) is 34.3 Å². The number of rotatable bonds is 3. The Balaban J connectivity index is 1.72. The van der Waals surface area contributed by atoms with Gasteiger partial charge in [-0.25, -0.2) is 0 Å². The predicted octanol–water partition coefficient (Wildman–Crippen LogP) is 3.25. The molecule has 0 atom stereocenters. The molecule has 1 aliphatic rings. The summed E-state index contributed by atoms with van der Waals surface area (Å²) in [5, 5.41) is 0. The summed E-state index contributed by atoms with van der Waals surface area (Å²) >= 11 is 0. The molecule has 0 N–H and O–H groups in total. The van der Waals surface area contributed by atoms with E-state index in [2.05, 4.69) is 35.0 Å². The van der Waals surface area contributed by atoms with Crippen molar-refractivity contribution in [3.8, 4) is 0 Å². The van der Waals surface area contributed by atoms with Gasteiger partial charge >= 0.3 is 0 Å². The van der Waals surface area contributed by atoms with Crippen LogP contribution in [0.5, 0.6) is 0 Å². The van der Waals surface area contributed by atoms with Crippen molar-refractivity contribution in [2.45, 2.75) is 32.2 Å². The molecule has 2 aromatic rings. The van der Waals surface area contributed by atoms with Gasteiger partial charge in [0.1, 0.15) is 0 Å². The number of fused-ring (bicyclic) bond motifs is 1. The quantitative estimate of drug-likeness (QED) is 0.806. The summed E-state index contributed by atoms with van der Waals surface area (Å²) in [6.07, 6.45) is 7.97. The fourth-order valence-corrected chi connectivity index (χ4v) is 2.61. The second-order valence-corrected chi connectivity index (χ2v) is 4.95. The summed E-state index contributed by atoms with van der Waals surface area (Å²) in [7, 11) is 0. The van der Waals surface area contributed by atoms with Crippen molar-refractivity contribution >= 4 is 5.78 Å². The molecule has 18 heavy (non-hydrogen) atoms. The first-order chi connectivity index (χ1) is 8.83. The van der Waals surface area contributed by atoms with E-state index in [1.807, 2.05) is 12.3 Å². The number of Topliss-reactive ketones (excluding diaryl/α,β-unsaturated/α-hetero) is 1. The molecular formula is C16H17NO. The summed E-state index contributed by atoms with van der Waals surface area (Å²) in [5.74, 6) is 0.315. The van der Waals surface area contributed by atoms with E-state index in [-0.39, 0.29) is 0 Å². The zero-order valence-electron chi connectivity index (χ0n) is 10.4. The third-order valence-electron chi connectivity index (χ3n) is 3.61. The maximum absolute atomic E-state index is 11.8. The van der Waals surface area contributed by atoms with Crippen molar-refractivity contribution in [3.05, 3.63) is 59.4 Å². The van der Waals surface area contributed by atoms with Gasteiger partial charge in [-0.3, -0.25) is 4.79 Å². The SMILES string of the molecule is O=C1CCCc2cn(CCc3ccccc3)cc21. The lowest BCUT2D eigenvalue weighted by molar-refractivity contribution is 0.0973. The van der Waals surface area contributed by atoms with Gasteiger partial charge in [0.05, 0.1) is 0 Å². The molecule has 0 unspecified atom stereocenters. The van der Waals surface area contributed by atoms with Gasteiger partial charge in [0.15, 0.2) is 5.78 Å². The highest BCUT2D eigenvalue weighted by Crippen LogP contribution is 2.22. The molecule has 0 amide bonds. The number of ketones is 1. The first-order valence-electron chi connectivity index (χ1n) is 6.59. The van der Waals surface area contributed by atoms with Gasteiger partial charge in [0.2, 0.25) is 0 Å². The first kappa shape index (κ1) is 11.3. The van der Waals surface area contributed by atoms with Crippen molar-refractivity contribution in [2.75, 3.05) is 0 Å². The Kier molecular flexibility index (Phi) is 3.01. The maximum atomic E-state index is 11.8. The largest absolute Gasteiger partial charge is 0.353 e. The zero-order valence-corrected chi connectivity index (χ0v) is 10.4. The van der Waals surface area contributed by atoms with Crippen molar-refractivity contribution < 1.29 is 4.79 Å². The van der Waals surface area contributed by atoms with E-state index in [1.54, 1.807) is 0 Å². The molecule has 0 radical (unpaired) electrons. The van der Waals surface area contributed by atoms with Crippen LogP contribution in [0.4, 0.5) is 0 Å². The molecule has 1 aromatic heterocycles. The molecule has 1 aliphatic carbocycles. The molecule has 3 rings (SSSR count). The fourth-order valence-electron chi connectivity index (χ4n) is 2.61. The minimum absolute atomic E-state index is 0.315. The molecule has 2 nitrogen and oxygen atoms in total. The molecule has 1 aromatic carbocycles. The summed E-state index contributed by atoms with van der Waals surface area (Å²) in [5.41, 5.74) is 3.53. The predicted molar refractivity (Wildman–Crippen MR) is 71.8 cm³/mol. The lowest BCUT2D eigenvalue weighted by atomic mass is 9.95. The number of nitrogens with zero attached hydrogens (tertiary/aromatic N) is 1. The molecule has 0 aliphatic heterocycles. The average Bonchev–Trinajstić information content (AvgIpc) is 2.82. The van der Waals surface area contributed by atoms with Crippen molar-refractivity contribution in [1.29, 1.82) is 0 Å². The van der Waals surface area contributed by atoms with E-state index < -0.39 is 0 Å². The molecule has 0 fully saturated rings. The van der Waals surface area contributed by atoms with E-state index in [1.165, 1.54) is 11.1 Å². The first-order valence-corrected chi connectivity index (χ1v) is 6.59. The molecule has 0 saturated carbocycles. The molecule has 92 valence electrons.